The Morgan fingerprint density at radius 3 is 2.32 bits per heavy atom. The number of aliphatic hydroxyl groups is 1. The lowest BCUT2D eigenvalue weighted by molar-refractivity contribution is 0.0873. The highest BCUT2D eigenvalue weighted by Crippen LogP contribution is 2.19. The highest BCUT2D eigenvalue weighted by atomic mass is 32.2. The molecule has 0 aliphatic rings. The molecule has 1 unspecified atom stereocenters. The quantitative estimate of drug-likeness (QED) is 0.370. The van der Waals surface area contributed by atoms with Crippen molar-refractivity contribution in [3.05, 3.63) is 96.1 Å². The molecular weight excluding hydrogens is 497 g/mol. The number of sulfonamides is 1. The lowest BCUT2D eigenvalue weighted by Crippen LogP contribution is -2.51. The van der Waals surface area contributed by atoms with Crippen molar-refractivity contribution in [3.8, 4) is 0 Å². The Hall–Kier alpha value is -3.34. The smallest absolute Gasteiger partial charge is 0.407 e. The first-order valence-electron chi connectivity index (χ1n) is 11.9. The number of rotatable bonds is 12. The van der Waals surface area contributed by atoms with Crippen LogP contribution in [0.5, 0.6) is 0 Å². The Morgan fingerprint density at radius 2 is 1.70 bits per heavy atom. The molecule has 0 saturated heterocycles. The van der Waals surface area contributed by atoms with Gasteiger partial charge in [-0.05, 0) is 48.2 Å². The molecule has 1 amide bonds. The highest BCUT2D eigenvalue weighted by Gasteiger charge is 2.31. The molecule has 0 fully saturated rings. The van der Waals surface area contributed by atoms with Crippen LogP contribution in [0.3, 0.4) is 0 Å². The number of halogens is 1. The first-order valence-corrected chi connectivity index (χ1v) is 13.4. The molecule has 2 aromatic carbocycles. The zero-order valence-corrected chi connectivity index (χ0v) is 21.6. The normalized spacial score (nSPS) is 13.4. The largest absolute Gasteiger partial charge is 0.445 e. The Morgan fingerprint density at radius 1 is 1.03 bits per heavy atom. The Labute approximate surface area is 217 Å². The summed E-state index contributed by atoms with van der Waals surface area (Å²) in [6.45, 7) is 3.55. The van der Waals surface area contributed by atoms with Crippen molar-refractivity contribution in [2.45, 2.75) is 43.9 Å². The summed E-state index contributed by atoms with van der Waals surface area (Å²) in [6, 6.07) is 16.4. The average Bonchev–Trinajstić information content (AvgIpc) is 2.88. The van der Waals surface area contributed by atoms with Gasteiger partial charge in [0.2, 0.25) is 10.0 Å². The van der Waals surface area contributed by atoms with Gasteiger partial charge in [-0.1, -0.05) is 50.2 Å². The van der Waals surface area contributed by atoms with E-state index < -0.39 is 34.1 Å². The lowest BCUT2D eigenvalue weighted by Gasteiger charge is -2.30. The fourth-order valence-corrected chi connectivity index (χ4v) is 5.37. The van der Waals surface area contributed by atoms with E-state index in [4.69, 9.17) is 4.74 Å². The molecule has 0 bridgehead atoms. The van der Waals surface area contributed by atoms with Crippen molar-refractivity contribution in [1.82, 2.24) is 14.6 Å². The number of hydrogen-bond acceptors (Lipinski definition) is 6. The van der Waals surface area contributed by atoms with Gasteiger partial charge in [0.15, 0.2) is 0 Å². The average molecular weight is 530 g/mol. The lowest BCUT2D eigenvalue weighted by atomic mass is 10.0. The van der Waals surface area contributed by atoms with Crippen LogP contribution in [0.4, 0.5) is 9.18 Å². The van der Waals surface area contributed by atoms with Crippen molar-refractivity contribution >= 4 is 16.1 Å². The zero-order chi connectivity index (χ0) is 26.8. The number of carbonyl (C=O) groups is 1. The van der Waals surface area contributed by atoms with E-state index in [1.807, 2.05) is 44.2 Å². The standard InChI is InChI=1S/C27H32FN3O5S/c1-20(2)17-31(37(34,35)24-12-10-23(28)11-13-24)18-26(32)25(15-21-7-4-3-5-8-21)30-27(33)36-19-22-9-6-14-29-16-22/h3-14,16,20,25-26,32H,15,17-19H2,1-2H3,(H,30,33)/t25?,26-/m0/s1. The number of alkyl carbamates (subject to hydrolysis) is 1. The van der Waals surface area contributed by atoms with Crippen LogP contribution >= 0.6 is 0 Å². The van der Waals surface area contributed by atoms with Gasteiger partial charge in [0.25, 0.3) is 0 Å². The first kappa shape index (κ1) is 28.2. The van der Waals surface area contributed by atoms with Crippen LogP contribution in [-0.2, 0) is 27.8 Å². The molecule has 0 radical (unpaired) electrons. The number of amides is 1. The van der Waals surface area contributed by atoms with Crippen LogP contribution in [0.15, 0.2) is 84.0 Å². The van der Waals surface area contributed by atoms with Crippen molar-refractivity contribution in [2.24, 2.45) is 5.92 Å². The molecule has 2 atom stereocenters. The van der Waals surface area contributed by atoms with E-state index in [-0.39, 0.29) is 36.9 Å². The van der Waals surface area contributed by atoms with Crippen LogP contribution in [0.2, 0.25) is 0 Å². The van der Waals surface area contributed by atoms with Crippen molar-refractivity contribution in [2.75, 3.05) is 13.1 Å². The molecule has 1 heterocycles. The first-order chi connectivity index (χ1) is 17.6. The summed E-state index contributed by atoms with van der Waals surface area (Å²) in [5.41, 5.74) is 1.54. The van der Waals surface area contributed by atoms with E-state index >= 15 is 0 Å². The van der Waals surface area contributed by atoms with Gasteiger partial charge in [-0.25, -0.2) is 17.6 Å². The number of benzene rings is 2. The van der Waals surface area contributed by atoms with Crippen molar-refractivity contribution in [3.63, 3.8) is 0 Å². The van der Waals surface area contributed by atoms with Gasteiger partial charge in [-0.15, -0.1) is 0 Å². The predicted octanol–water partition coefficient (Wildman–Crippen LogP) is 3.77. The monoisotopic (exact) mass is 529 g/mol. The summed E-state index contributed by atoms with van der Waals surface area (Å²) in [7, 11) is -4.03. The SMILES string of the molecule is CC(C)CN(C[C@H](O)C(Cc1ccccc1)NC(=O)OCc1cccnc1)S(=O)(=O)c1ccc(F)cc1. The summed E-state index contributed by atoms with van der Waals surface area (Å²) >= 11 is 0. The minimum Gasteiger partial charge on any atom is -0.445 e. The van der Waals surface area contributed by atoms with Crippen LogP contribution in [0.1, 0.15) is 25.0 Å². The van der Waals surface area contributed by atoms with E-state index in [1.54, 1.807) is 24.5 Å². The maximum absolute atomic E-state index is 13.4. The Kier molecular flexibility index (Phi) is 10.1. The zero-order valence-electron chi connectivity index (χ0n) is 20.8. The second-order valence-electron chi connectivity index (χ2n) is 9.12. The van der Waals surface area contributed by atoms with Crippen LogP contribution in [-0.4, -0.2) is 54.1 Å². The van der Waals surface area contributed by atoms with Crippen molar-refractivity contribution < 1.29 is 27.4 Å². The number of pyridine rings is 1. The van der Waals surface area contributed by atoms with E-state index in [0.717, 1.165) is 22.0 Å². The third-order valence-electron chi connectivity index (χ3n) is 5.57. The second kappa shape index (κ2) is 13.3. The van der Waals surface area contributed by atoms with Gasteiger partial charge >= 0.3 is 6.09 Å². The van der Waals surface area contributed by atoms with E-state index in [9.17, 15) is 22.7 Å². The molecular formula is C27H32FN3O5S. The summed E-state index contributed by atoms with van der Waals surface area (Å²) in [5.74, 6) is -0.598. The fourth-order valence-electron chi connectivity index (χ4n) is 3.75. The van der Waals surface area contributed by atoms with Gasteiger partial charge in [-0.3, -0.25) is 4.98 Å². The maximum Gasteiger partial charge on any atom is 0.407 e. The van der Waals surface area contributed by atoms with E-state index in [2.05, 4.69) is 10.3 Å². The molecule has 3 aromatic rings. The molecule has 2 N–H and O–H groups in total. The molecule has 1 aromatic heterocycles. The summed E-state index contributed by atoms with van der Waals surface area (Å²) < 4.78 is 46.6. The van der Waals surface area contributed by atoms with Gasteiger partial charge in [-0.2, -0.15) is 4.31 Å². The molecule has 8 nitrogen and oxygen atoms in total. The predicted molar refractivity (Wildman–Crippen MR) is 137 cm³/mol. The number of aromatic nitrogens is 1. The molecule has 0 spiro atoms. The summed E-state index contributed by atoms with van der Waals surface area (Å²) in [4.78, 5) is 16.5. The van der Waals surface area contributed by atoms with E-state index in [0.29, 0.717) is 5.56 Å². The van der Waals surface area contributed by atoms with Crippen LogP contribution in [0.25, 0.3) is 0 Å². The molecule has 0 aliphatic heterocycles. The minimum atomic E-state index is -4.03. The number of nitrogens with zero attached hydrogens (tertiary/aromatic N) is 2. The summed E-state index contributed by atoms with van der Waals surface area (Å²) in [6.07, 6.45) is 1.42. The van der Waals surface area contributed by atoms with Crippen LogP contribution < -0.4 is 5.32 Å². The fraction of sp³-hybridized carbons (Fsp3) is 0.333. The Balaban J connectivity index is 1.79. The van der Waals surface area contributed by atoms with Crippen molar-refractivity contribution in [1.29, 1.82) is 0 Å². The third-order valence-corrected chi connectivity index (χ3v) is 7.42. The second-order valence-corrected chi connectivity index (χ2v) is 11.1. The summed E-state index contributed by atoms with van der Waals surface area (Å²) in [5, 5.41) is 13.9. The minimum absolute atomic E-state index is 0.00769. The molecule has 0 saturated carbocycles. The topological polar surface area (TPSA) is 109 Å². The van der Waals surface area contributed by atoms with Gasteiger partial charge in [0.05, 0.1) is 17.0 Å². The van der Waals surface area contributed by atoms with Crippen LogP contribution in [0, 0.1) is 11.7 Å². The highest BCUT2D eigenvalue weighted by molar-refractivity contribution is 7.89. The number of hydrogen-bond donors (Lipinski definition) is 2. The third kappa shape index (κ3) is 8.63. The molecule has 198 valence electrons. The van der Waals surface area contributed by atoms with Gasteiger partial charge in [0, 0.05) is 31.0 Å². The number of ether oxygens (including phenoxy) is 1. The van der Waals surface area contributed by atoms with E-state index in [1.165, 1.54) is 12.1 Å². The maximum atomic E-state index is 13.4. The Bertz CT molecular complexity index is 1230. The van der Waals surface area contributed by atoms with Gasteiger partial charge in [0.1, 0.15) is 12.4 Å². The number of nitrogens with one attached hydrogen (secondary N) is 1. The van der Waals surface area contributed by atoms with Gasteiger partial charge < -0.3 is 15.2 Å². The molecule has 0 aliphatic carbocycles. The number of carbonyl (C=O) groups excluding carboxylic acids is 1. The number of aliphatic hydroxyl groups excluding tert-OH is 1. The molecule has 3 rings (SSSR count). The molecule has 37 heavy (non-hydrogen) atoms. The molecule has 10 heteroatoms.